The van der Waals surface area contributed by atoms with E-state index in [2.05, 4.69) is 20.8 Å². The van der Waals surface area contributed by atoms with Crippen molar-refractivity contribution in [3.8, 4) is 5.75 Å². The summed E-state index contributed by atoms with van der Waals surface area (Å²) in [5.41, 5.74) is 0.668. The Labute approximate surface area is 121 Å². The van der Waals surface area contributed by atoms with Crippen molar-refractivity contribution in [3.05, 3.63) is 29.6 Å². The highest BCUT2D eigenvalue weighted by Crippen LogP contribution is 2.23. The van der Waals surface area contributed by atoms with Gasteiger partial charge in [-0.1, -0.05) is 28.1 Å². The smallest absolute Gasteiger partial charge is 0.169 e. The van der Waals surface area contributed by atoms with Crippen LogP contribution in [-0.2, 0) is 11.3 Å². The molecule has 1 aliphatic heterocycles. The molecule has 1 aromatic carbocycles. The van der Waals surface area contributed by atoms with Crippen molar-refractivity contribution in [3.63, 3.8) is 0 Å². The van der Waals surface area contributed by atoms with Crippen molar-refractivity contribution >= 4 is 15.9 Å². The Morgan fingerprint density at radius 3 is 2.95 bits per heavy atom. The summed E-state index contributed by atoms with van der Waals surface area (Å²) in [5.74, 6) is 0.0374. The Kier molecular flexibility index (Phi) is 5.19. The normalized spacial score (nSPS) is 24.4. The van der Waals surface area contributed by atoms with Crippen LogP contribution in [0.5, 0.6) is 5.75 Å². The Hall–Kier alpha value is -0.650. The molecule has 1 aliphatic rings. The molecule has 0 spiro atoms. The number of halogens is 2. The molecule has 0 saturated carbocycles. The highest BCUT2D eigenvalue weighted by Gasteiger charge is 2.25. The van der Waals surface area contributed by atoms with E-state index >= 15 is 0 Å². The minimum absolute atomic E-state index is 0.164. The maximum Gasteiger partial charge on any atom is 0.169 e. The van der Waals surface area contributed by atoms with E-state index in [4.69, 9.17) is 9.47 Å². The van der Waals surface area contributed by atoms with Gasteiger partial charge in [0.05, 0.1) is 19.3 Å². The number of benzene rings is 1. The molecule has 0 N–H and O–H groups in total. The van der Waals surface area contributed by atoms with E-state index in [9.17, 15) is 4.39 Å². The number of nitrogens with zero attached hydrogens (tertiary/aromatic N) is 1. The number of hydrogen-bond acceptors (Lipinski definition) is 3. The zero-order valence-corrected chi connectivity index (χ0v) is 12.8. The summed E-state index contributed by atoms with van der Waals surface area (Å²) in [6.45, 7) is 4.26. The summed E-state index contributed by atoms with van der Waals surface area (Å²) in [4.78, 5) is 2.22. The van der Waals surface area contributed by atoms with Gasteiger partial charge in [0.15, 0.2) is 11.6 Å². The van der Waals surface area contributed by atoms with Crippen LogP contribution >= 0.6 is 15.9 Å². The van der Waals surface area contributed by atoms with Crippen LogP contribution in [-0.4, -0.2) is 42.6 Å². The molecule has 0 radical (unpaired) electrons. The van der Waals surface area contributed by atoms with Gasteiger partial charge in [0.2, 0.25) is 0 Å². The molecule has 2 rings (SSSR count). The SMILES string of the molecule is COc1cccc(CN2CC(C)OC(CBr)C2)c1F. The molecule has 0 amide bonds. The standard InChI is InChI=1S/C14H19BrFNO2/c1-10-7-17(9-12(6-15)19-10)8-11-4-3-5-13(18-2)14(11)16/h3-5,10,12H,6-9H2,1-2H3. The summed E-state index contributed by atoms with van der Waals surface area (Å²) < 4.78 is 24.9. The van der Waals surface area contributed by atoms with Crippen LogP contribution in [0.2, 0.25) is 0 Å². The number of alkyl halides is 1. The van der Waals surface area contributed by atoms with Crippen molar-refractivity contribution in [1.29, 1.82) is 0 Å². The van der Waals surface area contributed by atoms with Crippen molar-refractivity contribution < 1.29 is 13.9 Å². The zero-order valence-electron chi connectivity index (χ0n) is 11.2. The summed E-state index contributed by atoms with van der Waals surface area (Å²) in [7, 11) is 1.49. The molecule has 19 heavy (non-hydrogen) atoms. The third-order valence-corrected chi connectivity index (χ3v) is 3.95. The zero-order chi connectivity index (χ0) is 13.8. The molecule has 0 bridgehead atoms. The topological polar surface area (TPSA) is 21.7 Å². The van der Waals surface area contributed by atoms with Crippen molar-refractivity contribution in [1.82, 2.24) is 4.90 Å². The highest BCUT2D eigenvalue weighted by atomic mass is 79.9. The molecule has 1 aromatic rings. The molecule has 3 nitrogen and oxygen atoms in total. The average Bonchev–Trinajstić information content (AvgIpc) is 2.40. The van der Waals surface area contributed by atoms with Gasteiger partial charge in [-0.2, -0.15) is 0 Å². The van der Waals surface area contributed by atoms with E-state index < -0.39 is 0 Å². The van der Waals surface area contributed by atoms with Crippen LogP contribution in [0.25, 0.3) is 0 Å². The van der Waals surface area contributed by atoms with Gasteiger partial charge in [0.25, 0.3) is 0 Å². The fraction of sp³-hybridized carbons (Fsp3) is 0.571. The first-order valence-corrected chi connectivity index (χ1v) is 7.51. The maximum absolute atomic E-state index is 14.1. The fourth-order valence-corrected chi connectivity index (χ4v) is 2.79. The van der Waals surface area contributed by atoms with Gasteiger partial charge >= 0.3 is 0 Å². The first-order chi connectivity index (χ1) is 9.13. The Morgan fingerprint density at radius 2 is 2.26 bits per heavy atom. The lowest BCUT2D eigenvalue weighted by atomic mass is 10.1. The molecule has 1 saturated heterocycles. The molecule has 106 valence electrons. The Bertz CT molecular complexity index is 430. The molecule has 0 aliphatic carbocycles. The molecular weight excluding hydrogens is 313 g/mol. The summed E-state index contributed by atoms with van der Waals surface area (Å²) in [6.07, 6.45) is 0.336. The van der Waals surface area contributed by atoms with E-state index in [1.54, 1.807) is 12.1 Å². The maximum atomic E-state index is 14.1. The highest BCUT2D eigenvalue weighted by molar-refractivity contribution is 9.09. The number of rotatable bonds is 4. The van der Waals surface area contributed by atoms with Gasteiger partial charge in [0, 0.05) is 30.5 Å². The van der Waals surface area contributed by atoms with E-state index in [0.717, 1.165) is 18.4 Å². The van der Waals surface area contributed by atoms with Crippen LogP contribution in [0.4, 0.5) is 4.39 Å². The van der Waals surface area contributed by atoms with Gasteiger partial charge in [-0.15, -0.1) is 0 Å². The molecule has 2 atom stereocenters. The van der Waals surface area contributed by atoms with Crippen LogP contribution in [0.15, 0.2) is 18.2 Å². The first-order valence-electron chi connectivity index (χ1n) is 6.39. The lowest BCUT2D eigenvalue weighted by Crippen LogP contribution is -2.46. The van der Waals surface area contributed by atoms with Crippen LogP contribution in [0.3, 0.4) is 0 Å². The van der Waals surface area contributed by atoms with Crippen LogP contribution < -0.4 is 4.74 Å². The van der Waals surface area contributed by atoms with E-state index in [-0.39, 0.29) is 18.0 Å². The van der Waals surface area contributed by atoms with Gasteiger partial charge in [0.1, 0.15) is 0 Å². The number of methoxy groups -OCH3 is 1. The lowest BCUT2D eigenvalue weighted by Gasteiger charge is -2.36. The predicted molar refractivity (Wildman–Crippen MR) is 76.4 cm³/mol. The second-order valence-electron chi connectivity index (χ2n) is 4.85. The summed E-state index contributed by atoms with van der Waals surface area (Å²) >= 11 is 3.44. The number of ether oxygens (including phenoxy) is 2. The van der Waals surface area contributed by atoms with E-state index in [1.165, 1.54) is 7.11 Å². The molecule has 1 fully saturated rings. The molecule has 5 heteroatoms. The third kappa shape index (κ3) is 3.68. The summed E-state index contributed by atoms with van der Waals surface area (Å²) in [5, 5.41) is 0.800. The van der Waals surface area contributed by atoms with Crippen molar-refractivity contribution in [2.75, 3.05) is 25.5 Å². The molecular formula is C14H19BrFNO2. The number of morpholine rings is 1. The first kappa shape index (κ1) is 14.8. The van der Waals surface area contributed by atoms with Gasteiger partial charge in [-0.05, 0) is 13.0 Å². The third-order valence-electron chi connectivity index (χ3n) is 3.23. The largest absolute Gasteiger partial charge is 0.494 e. The second-order valence-corrected chi connectivity index (χ2v) is 5.50. The molecule has 0 aromatic heterocycles. The summed E-state index contributed by atoms with van der Waals surface area (Å²) in [6, 6.07) is 5.27. The monoisotopic (exact) mass is 331 g/mol. The van der Waals surface area contributed by atoms with Gasteiger partial charge in [-0.3, -0.25) is 4.90 Å². The lowest BCUT2D eigenvalue weighted by molar-refractivity contribution is -0.0680. The predicted octanol–water partition coefficient (Wildman–Crippen LogP) is 2.82. The fourth-order valence-electron chi connectivity index (χ4n) is 2.43. The van der Waals surface area contributed by atoms with Crippen LogP contribution in [0.1, 0.15) is 12.5 Å². The average molecular weight is 332 g/mol. The van der Waals surface area contributed by atoms with E-state index in [1.807, 2.05) is 13.0 Å². The van der Waals surface area contributed by atoms with Gasteiger partial charge < -0.3 is 9.47 Å². The molecule has 2 unspecified atom stereocenters. The Morgan fingerprint density at radius 1 is 1.47 bits per heavy atom. The van der Waals surface area contributed by atoms with Crippen molar-refractivity contribution in [2.45, 2.75) is 25.7 Å². The Balaban J connectivity index is 2.08. The second kappa shape index (κ2) is 6.68. The van der Waals surface area contributed by atoms with Crippen LogP contribution in [0, 0.1) is 5.82 Å². The van der Waals surface area contributed by atoms with Crippen molar-refractivity contribution in [2.24, 2.45) is 0 Å². The minimum atomic E-state index is -0.264. The molecule has 1 heterocycles. The van der Waals surface area contributed by atoms with E-state index in [0.29, 0.717) is 17.9 Å². The quantitative estimate of drug-likeness (QED) is 0.792. The minimum Gasteiger partial charge on any atom is -0.494 e. The number of hydrogen-bond donors (Lipinski definition) is 0. The van der Waals surface area contributed by atoms with Gasteiger partial charge in [-0.25, -0.2) is 4.39 Å².